The third kappa shape index (κ3) is 2.85. The van der Waals surface area contributed by atoms with Crippen LogP contribution in [0.15, 0.2) is 51.9 Å². The number of para-hydroxylation sites is 2. The molecule has 0 saturated heterocycles. The lowest BCUT2D eigenvalue weighted by Gasteiger charge is -2.00. The van der Waals surface area contributed by atoms with E-state index in [-0.39, 0.29) is 11.5 Å². The molecule has 3 nitrogen and oxygen atoms in total. The van der Waals surface area contributed by atoms with Gasteiger partial charge in [0.05, 0.1) is 0 Å². The van der Waals surface area contributed by atoms with Gasteiger partial charge in [-0.3, -0.25) is 4.99 Å². The first kappa shape index (κ1) is 11.7. The SMILES string of the molecule is Oc1cc(Br)ccc1C=Nc1ccccc1O. The molecule has 86 valence electrons. The van der Waals surface area contributed by atoms with Crippen molar-refractivity contribution < 1.29 is 10.2 Å². The molecule has 0 amide bonds. The molecule has 0 radical (unpaired) electrons. The van der Waals surface area contributed by atoms with Gasteiger partial charge in [0.1, 0.15) is 17.2 Å². The molecular weight excluding hydrogens is 282 g/mol. The second-order valence-electron chi connectivity index (χ2n) is 3.45. The number of phenolic OH excluding ortho intramolecular Hbond substituents is 2. The molecule has 2 rings (SSSR count). The average molecular weight is 292 g/mol. The molecule has 0 aromatic heterocycles. The van der Waals surface area contributed by atoms with E-state index >= 15 is 0 Å². The van der Waals surface area contributed by atoms with Gasteiger partial charge in [-0.25, -0.2) is 0 Å². The summed E-state index contributed by atoms with van der Waals surface area (Å²) in [4.78, 5) is 4.12. The normalized spacial score (nSPS) is 10.9. The maximum atomic E-state index is 9.65. The second-order valence-corrected chi connectivity index (χ2v) is 4.37. The van der Waals surface area contributed by atoms with Crippen LogP contribution >= 0.6 is 15.9 Å². The van der Waals surface area contributed by atoms with E-state index in [0.29, 0.717) is 11.3 Å². The summed E-state index contributed by atoms with van der Waals surface area (Å²) >= 11 is 3.26. The van der Waals surface area contributed by atoms with E-state index in [4.69, 9.17) is 0 Å². The average Bonchev–Trinajstić information content (AvgIpc) is 2.30. The molecule has 0 atom stereocenters. The minimum atomic E-state index is 0.111. The van der Waals surface area contributed by atoms with Crippen LogP contribution in [0.5, 0.6) is 11.5 Å². The summed E-state index contributed by atoms with van der Waals surface area (Å²) in [6.45, 7) is 0. The summed E-state index contributed by atoms with van der Waals surface area (Å²) in [6.07, 6.45) is 1.51. The zero-order valence-electron chi connectivity index (χ0n) is 8.84. The summed E-state index contributed by atoms with van der Waals surface area (Å²) in [7, 11) is 0. The van der Waals surface area contributed by atoms with E-state index in [2.05, 4.69) is 20.9 Å². The highest BCUT2D eigenvalue weighted by Crippen LogP contribution is 2.26. The highest BCUT2D eigenvalue weighted by molar-refractivity contribution is 9.10. The Bertz CT molecular complexity index is 567. The van der Waals surface area contributed by atoms with Gasteiger partial charge in [0, 0.05) is 16.3 Å². The number of rotatable bonds is 2. The minimum Gasteiger partial charge on any atom is -0.507 e. The molecule has 0 unspecified atom stereocenters. The lowest BCUT2D eigenvalue weighted by molar-refractivity contribution is 0.473. The van der Waals surface area contributed by atoms with Gasteiger partial charge in [0.2, 0.25) is 0 Å². The molecule has 2 N–H and O–H groups in total. The monoisotopic (exact) mass is 291 g/mol. The number of hydrogen-bond acceptors (Lipinski definition) is 3. The zero-order valence-corrected chi connectivity index (χ0v) is 10.4. The van der Waals surface area contributed by atoms with Crippen LogP contribution in [0.25, 0.3) is 0 Å². The molecule has 17 heavy (non-hydrogen) atoms. The van der Waals surface area contributed by atoms with Gasteiger partial charge >= 0.3 is 0 Å². The molecule has 0 saturated carbocycles. The third-order valence-corrected chi connectivity index (χ3v) is 2.71. The van der Waals surface area contributed by atoms with E-state index in [0.717, 1.165) is 4.47 Å². The Labute approximate surface area is 107 Å². The summed E-state index contributed by atoms with van der Waals surface area (Å²) in [5.74, 6) is 0.249. The first-order chi connectivity index (χ1) is 8.16. The first-order valence-corrected chi connectivity index (χ1v) is 5.77. The fraction of sp³-hybridized carbons (Fsp3) is 0. The minimum absolute atomic E-state index is 0.111. The maximum absolute atomic E-state index is 9.65. The number of nitrogens with zero attached hydrogens (tertiary/aromatic N) is 1. The van der Waals surface area contributed by atoms with Crippen molar-refractivity contribution in [3.63, 3.8) is 0 Å². The number of aromatic hydroxyl groups is 2. The molecule has 0 spiro atoms. The predicted octanol–water partition coefficient (Wildman–Crippen LogP) is 3.61. The molecule has 0 fully saturated rings. The largest absolute Gasteiger partial charge is 0.507 e. The van der Waals surface area contributed by atoms with Crippen LogP contribution in [0, 0.1) is 0 Å². The fourth-order valence-corrected chi connectivity index (χ4v) is 1.69. The summed E-state index contributed by atoms with van der Waals surface area (Å²) in [5, 5.41) is 19.2. The van der Waals surface area contributed by atoms with Crippen molar-refractivity contribution >= 4 is 27.8 Å². The van der Waals surface area contributed by atoms with E-state index in [1.165, 1.54) is 6.21 Å². The standard InChI is InChI=1S/C13H10BrNO2/c14-10-6-5-9(13(17)7-10)8-15-11-3-1-2-4-12(11)16/h1-8,16-17H. The van der Waals surface area contributed by atoms with Gasteiger partial charge in [-0.15, -0.1) is 0 Å². The van der Waals surface area contributed by atoms with Crippen molar-refractivity contribution in [3.8, 4) is 11.5 Å². The van der Waals surface area contributed by atoms with Crippen LogP contribution in [-0.4, -0.2) is 16.4 Å². The van der Waals surface area contributed by atoms with Crippen LogP contribution in [0.3, 0.4) is 0 Å². The molecule has 0 aliphatic rings. The molecule has 0 bridgehead atoms. The van der Waals surface area contributed by atoms with E-state index in [1.807, 2.05) is 6.07 Å². The van der Waals surface area contributed by atoms with E-state index in [1.54, 1.807) is 36.4 Å². The van der Waals surface area contributed by atoms with Gasteiger partial charge in [0.15, 0.2) is 0 Å². The van der Waals surface area contributed by atoms with Crippen LogP contribution in [0.2, 0.25) is 0 Å². The van der Waals surface area contributed by atoms with Crippen LogP contribution in [0.4, 0.5) is 5.69 Å². The number of phenols is 2. The van der Waals surface area contributed by atoms with Crippen molar-refractivity contribution in [1.82, 2.24) is 0 Å². The lowest BCUT2D eigenvalue weighted by Crippen LogP contribution is -1.82. The van der Waals surface area contributed by atoms with Crippen molar-refractivity contribution in [2.24, 2.45) is 4.99 Å². The maximum Gasteiger partial charge on any atom is 0.141 e. The highest BCUT2D eigenvalue weighted by Gasteiger charge is 2.00. The van der Waals surface area contributed by atoms with Crippen LogP contribution in [0.1, 0.15) is 5.56 Å². The summed E-state index contributed by atoms with van der Waals surface area (Å²) in [5.41, 5.74) is 1.06. The first-order valence-electron chi connectivity index (χ1n) is 4.97. The van der Waals surface area contributed by atoms with Crippen molar-refractivity contribution in [2.75, 3.05) is 0 Å². The topological polar surface area (TPSA) is 52.8 Å². The highest BCUT2D eigenvalue weighted by atomic mass is 79.9. The van der Waals surface area contributed by atoms with Gasteiger partial charge < -0.3 is 10.2 Å². The molecule has 0 aliphatic carbocycles. The predicted molar refractivity (Wildman–Crippen MR) is 71.2 cm³/mol. The molecule has 0 aliphatic heterocycles. The lowest BCUT2D eigenvalue weighted by atomic mass is 10.2. The number of hydrogen-bond donors (Lipinski definition) is 2. The van der Waals surface area contributed by atoms with Gasteiger partial charge in [-0.2, -0.15) is 0 Å². The van der Waals surface area contributed by atoms with Crippen molar-refractivity contribution in [2.45, 2.75) is 0 Å². The Balaban J connectivity index is 2.29. The smallest absolute Gasteiger partial charge is 0.141 e. The molecule has 0 heterocycles. The fourth-order valence-electron chi connectivity index (χ4n) is 1.34. The van der Waals surface area contributed by atoms with Crippen molar-refractivity contribution in [3.05, 3.63) is 52.5 Å². The number of halogens is 1. The Morgan fingerprint density at radius 3 is 2.47 bits per heavy atom. The quantitative estimate of drug-likeness (QED) is 0.831. The van der Waals surface area contributed by atoms with Gasteiger partial charge in [-0.1, -0.05) is 28.1 Å². The van der Waals surface area contributed by atoms with E-state index in [9.17, 15) is 10.2 Å². The van der Waals surface area contributed by atoms with Crippen LogP contribution in [-0.2, 0) is 0 Å². The van der Waals surface area contributed by atoms with Crippen LogP contribution < -0.4 is 0 Å². The summed E-state index contributed by atoms with van der Waals surface area (Å²) in [6, 6.07) is 11.9. The Morgan fingerprint density at radius 2 is 1.76 bits per heavy atom. The second kappa shape index (κ2) is 5.01. The zero-order chi connectivity index (χ0) is 12.3. The number of benzene rings is 2. The Kier molecular flexibility index (Phi) is 3.44. The van der Waals surface area contributed by atoms with E-state index < -0.39 is 0 Å². The Hall–Kier alpha value is -1.81. The van der Waals surface area contributed by atoms with Crippen molar-refractivity contribution in [1.29, 1.82) is 0 Å². The third-order valence-electron chi connectivity index (χ3n) is 2.22. The Morgan fingerprint density at radius 1 is 1.00 bits per heavy atom. The molecule has 2 aromatic rings. The van der Waals surface area contributed by atoms with Gasteiger partial charge in [0.25, 0.3) is 0 Å². The molecule has 2 aromatic carbocycles. The van der Waals surface area contributed by atoms with Gasteiger partial charge in [-0.05, 0) is 30.3 Å². The number of aliphatic imine (C=N–C) groups is 1. The summed E-state index contributed by atoms with van der Waals surface area (Å²) < 4.78 is 0.801. The molecular formula is C13H10BrNO2. The molecule has 4 heteroatoms.